The molecule has 0 saturated heterocycles. The minimum atomic E-state index is -0.254. The summed E-state index contributed by atoms with van der Waals surface area (Å²) < 4.78 is 5.12. The van der Waals surface area contributed by atoms with E-state index in [1.54, 1.807) is 31.4 Å². The first kappa shape index (κ1) is 20.0. The van der Waals surface area contributed by atoms with Crippen LogP contribution >= 0.6 is 11.3 Å². The molecule has 6 nitrogen and oxygen atoms in total. The van der Waals surface area contributed by atoms with Gasteiger partial charge in [0.2, 0.25) is 5.01 Å². The molecule has 1 aromatic heterocycles. The molecule has 1 heterocycles. The molecule has 0 radical (unpaired) electrons. The molecule has 1 amide bonds. The second kappa shape index (κ2) is 9.43. The molecule has 0 aliphatic carbocycles. The number of amides is 1. The quantitative estimate of drug-likeness (QED) is 0.620. The van der Waals surface area contributed by atoms with Crippen LogP contribution in [-0.2, 0) is 13.1 Å². The van der Waals surface area contributed by atoms with Crippen molar-refractivity contribution >= 4 is 22.9 Å². The molecule has 0 unspecified atom stereocenters. The molecule has 3 aromatic rings. The van der Waals surface area contributed by atoms with Gasteiger partial charge in [-0.1, -0.05) is 48.1 Å². The van der Waals surface area contributed by atoms with Crippen LogP contribution in [0.3, 0.4) is 0 Å². The summed E-state index contributed by atoms with van der Waals surface area (Å²) in [5, 5.41) is 12.3. The highest BCUT2D eigenvalue weighted by Gasteiger charge is 2.15. The summed E-state index contributed by atoms with van der Waals surface area (Å²) in [7, 11) is 1.61. The van der Waals surface area contributed by atoms with Crippen LogP contribution in [0.5, 0.6) is 5.75 Å². The van der Waals surface area contributed by atoms with Crippen molar-refractivity contribution in [1.82, 2.24) is 15.1 Å². The molecule has 1 N–H and O–H groups in total. The zero-order valence-electron chi connectivity index (χ0n) is 16.3. The zero-order chi connectivity index (χ0) is 19.9. The Morgan fingerprint density at radius 3 is 2.61 bits per heavy atom. The first-order valence-corrected chi connectivity index (χ1v) is 9.94. The SMILES string of the molecule is CCN(Cc1cccc(C)c1)Cc1nnc(C(=O)Nc2ccc(OC)cc2)s1. The number of aryl methyl sites for hydroxylation is 1. The molecule has 0 bridgehead atoms. The Balaban J connectivity index is 1.60. The van der Waals surface area contributed by atoms with Gasteiger partial charge in [-0.2, -0.15) is 0 Å². The van der Waals surface area contributed by atoms with Gasteiger partial charge in [0.05, 0.1) is 13.7 Å². The van der Waals surface area contributed by atoms with Crippen LogP contribution in [0.15, 0.2) is 48.5 Å². The Morgan fingerprint density at radius 1 is 1.14 bits per heavy atom. The second-order valence-corrected chi connectivity index (χ2v) is 7.54. The van der Waals surface area contributed by atoms with Crippen LogP contribution < -0.4 is 10.1 Å². The number of methoxy groups -OCH3 is 1. The number of hydrogen-bond donors (Lipinski definition) is 1. The van der Waals surface area contributed by atoms with Gasteiger partial charge < -0.3 is 10.1 Å². The van der Waals surface area contributed by atoms with Gasteiger partial charge in [-0.15, -0.1) is 10.2 Å². The predicted octanol–water partition coefficient (Wildman–Crippen LogP) is 4.13. The van der Waals surface area contributed by atoms with Crippen molar-refractivity contribution in [3.63, 3.8) is 0 Å². The molecule has 146 valence electrons. The number of ether oxygens (including phenoxy) is 1. The van der Waals surface area contributed by atoms with Crippen LogP contribution in [-0.4, -0.2) is 34.7 Å². The zero-order valence-corrected chi connectivity index (χ0v) is 17.1. The summed E-state index contributed by atoms with van der Waals surface area (Å²) in [5.41, 5.74) is 3.21. The lowest BCUT2D eigenvalue weighted by atomic mass is 10.1. The third-order valence-corrected chi connectivity index (χ3v) is 5.21. The van der Waals surface area contributed by atoms with Crippen molar-refractivity contribution in [2.45, 2.75) is 26.9 Å². The van der Waals surface area contributed by atoms with E-state index in [1.807, 2.05) is 0 Å². The summed E-state index contributed by atoms with van der Waals surface area (Å²) in [6.07, 6.45) is 0. The molecule has 7 heteroatoms. The first-order chi connectivity index (χ1) is 13.6. The average Bonchev–Trinajstić information content (AvgIpc) is 3.17. The minimum Gasteiger partial charge on any atom is -0.497 e. The Hall–Kier alpha value is -2.77. The lowest BCUT2D eigenvalue weighted by molar-refractivity contribution is 0.102. The van der Waals surface area contributed by atoms with E-state index in [0.29, 0.717) is 17.2 Å². The fraction of sp³-hybridized carbons (Fsp3) is 0.286. The minimum absolute atomic E-state index is 0.254. The third-order valence-electron chi connectivity index (χ3n) is 4.30. The molecular formula is C21H24N4O2S. The molecule has 0 spiro atoms. The van der Waals surface area contributed by atoms with Gasteiger partial charge in [-0.25, -0.2) is 0 Å². The van der Waals surface area contributed by atoms with Gasteiger partial charge >= 0.3 is 0 Å². The van der Waals surface area contributed by atoms with Crippen LogP contribution in [0.25, 0.3) is 0 Å². The van der Waals surface area contributed by atoms with Gasteiger partial charge in [0.1, 0.15) is 10.8 Å². The van der Waals surface area contributed by atoms with E-state index in [0.717, 1.165) is 23.8 Å². The lowest BCUT2D eigenvalue weighted by Crippen LogP contribution is -2.22. The van der Waals surface area contributed by atoms with Crippen molar-refractivity contribution in [3.8, 4) is 5.75 Å². The Kier molecular flexibility index (Phi) is 6.73. The monoisotopic (exact) mass is 396 g/mol. The van der Waals surface area contributed by atoms with Crippen molar-refractivity contribution in [2.24, 2.45) is 0 Å². The lowest BCUT2D eigenvalue weighted by Gasteiger charge is -2.19. The number of aromatic nitrogens is 2. The number of carbonyl (C=O) groups excluding carboxylic acids is 1. The number of anilines is 1. The van der Waals surface area contributed by atoms with E-state index < -0.39 is 0 Å². The van der Waals surface area contributed by atoms with Gasteiger partial charge in [0.15, 0.2) is 0 Å². The summed E-state index contributed by atoms with van der Waals surface area (Å²) in [4.78, 5) is 14.7. The average molecular weight is 397 g/mol. The van der Waals surface area contributed by atoms with E-state index in [1.165, 1.54) is 22.5 Å². The molecule has 28 heavy (non-hydrogen) atoms. The van der Waals surface area contributed by atoms with E-state index in [2.05, 4.69) is 58.5 Å². The van der Waals surface area contributed by atoms with Crippen LogP contribution in [0.2, 0.25) is 0 Å². The summed E-state index contributed by atoms with van der Waals surface area (Å²) in [6, 6.07) is 15.7. The number of nitrogens with zero attached hydrogens (tertiary/aromatic N) is 3. The van der Waals surface area contributed by atoms with E-state index in [4.69, 9.17) is 4.74 Å². The fourth-order valence-corrected chi connectivity index (χ4v) is 3.59. The molecule has 0 aliphatic rings. The predicted molar refractivity (Wildman–Crippen MR) is 112 cm³/mol. The first-order valence-electron chi connectivity index (χ1n) is 9.13. The number of nitrogens with one attached hydrogen (secondary N) is 1. The van der Waals surface area contributed by atoms with Crippen LogP contribution in [0.1, 0.15) is 32.9 Å². The highest BCUT2D eigenvalue weighted by Crippen LogP contribution is 2.18. The van der Waals surface area contributed by atoms with Gasteiger partial charge in [-0.05, 0) is 43.3 Å². The van der Waals surface area contributed by atoms with Crippen molar-refractivity contribution in [1.29, 1.82) is 0 Å². The Morgan fingerprint density at radius 2 is 1.93 bits per heavy atom. The third kappa shape index (κ3) is 5.37. The van der Waals surface area contributed by atoms with Crippen molar-refractivity contribution in [3.05, 3.63) is 69.7 Å². The summed E-state index contributed by atoms with van der Waals surface area (Å²) in [6.45, 7) is 6.61. The number of hydrogen-bond acceptors (Lipinski definition) is 6. The smallest absolute Gasteiger partial charge is 0.286 e. The fourth-order valence-electron chi connectivity index (χ4n) is 2.81. The Bertz CT molecular complexity index is 924. The Labute approximate surface area is 169 Å². The van der Waals surface area contributed by atoms with Gasteiger partial charge in [0.25, 0.3) is 5.91 Å². The maximum atomic E-state index is 12.4. The topological polar surface area (TPSA) is 67.4 Å². The van der Waals surface area contributed by atoms with Gasteiger partial charge in [-0.3, -0.25) is 9.69 Å². The maximum absolute atomic E-state index is 12.4. The second-order valence-electron chi connectivity index (χ2n) is 6.48. The molecule has 0 fully saturated rings. The molecule has 2 aromatic carbocycles. The van der Waals surface area contributed by atoms with E-state index >= 15 is 0 Å². The molecule has 0 aliphatic heterocycles. The molecule has 0 saturated carbocycles. The van der Waals surface area contributed by atoms with Crippen LogP contribution in [0, 0.1) is 6.92 Å². The normalized spacial score (nSPS) is 10.9. The number of benzene rings is 2. The molecule has 0 atom stereocenters. The number of rotatable bonds is 8. The largest absolute Gasteiger partial charge is 0.497 e. The highest BCUT2D eigenvalue weighted by molar-refractivity contribution is 7.13. The van der Waals surface area contributed by atoms with Crippen molar-refractivity contribution in [2.75, 3.05) is 19.0 Å². The molecule has 3 rings (SSSR count). The summed E-state index contributed by atoms with van der Waals surface area (Å²) in [5.74, 6) is 0.486. The van der Waals surface area contributed by atoms with E-state index in [9.17, 15) is 4.79 Å². The standard InChI is InChI=1S/C21H24N4O2S/c1-4-25(13-16-7-5-6-15(2)12-16)14-19-23-24-21(28-19)20(26)22-17-8-10-18(27-3)11-9-17/h5-12H,4,13-14H2,1-3H3,(H,22,26). The maximum Gasteiger partial charge on any atom is 0.286 e. The van der Waals surface area contributed by atoms with E-state index in [-0.39, 0.29) is 5.91 Å². The molecular weight excluding hydrogens is 372 g/mol. The highest BCUT2D eigenvalue weighted by atomic mass is 32.1. The summed E-state index contributed by atoms with van der Waals surface area (Å²) >= 11 is 1.32. The number of carbonyl (C=O) groups is 1. The van der Waals surface area contributed by atoms with Crippen molar-refractivity contribution < 1.29 is 9.53 Å². The van der Waals surface area contributed by atoms with Crippen LogP contribution in [0.4, 0.5) is 5.69 Å². The van der Waals surface area contributed by atoms with Gasteiger partial charge in [0, 0.05) is 12.2 Å².